The van der Waals surface area contributed by atoms with Crippen LogP contribution in [0.1, 0.15) is 43.6 Å². The Morgan fingerprint density at radius 2 is 1.79 bits per heavy atom. The minimum Gasteiger partial charge on any atom is -0.356 e. The molecule has 2 aromatic rings. The predicted molar refractivity (Wildman–Crippen MR) is 137 cm³/mol. The first kappa shape index (κ1) is 25.0. The van der Waals surface area contributed by atoms with Gasteiger partial charge in [0, 0.05) is 67.7 Å². The Hall–Kier alpha value is -2.09. The number of H-pyrrole nitrogens is 1. The number of piperazine rings is 1. The summed E-state index contributed by atoms with van der Waals surface area (Å²) in [5.74, 6) is 0.448. The van der Waals surface area contributed by atoms with Gasteiger partial charge in [-0.1, -0.05) is 25.4 Å². The van der Waals surface area contributed by atoms with Gasteiger partial charge >= 0.3 is 0 Å². The number of nitrogens with zero attached hydrogens (tertiary/aromatic N) is 3. The van der Waals surface area contributed by atoms with Crippen LogP contribution >= 0.6 is 11.6 Å². The molecule has 0 unspecified atom stereocenters. The van der Waals surface area contributed by atoms with Crippen LogP contribution in [0, 0.1) is 11.8 Å². The highest BCUT2D eigenvalue weighted by molar-refractivity contribution is 6.31. The van der Waals surface area contributed by atoms with Gasteiger partial charge in [0.15, 0.2) is 0 Å². The molecule has 1 aromatic carbocycles. The van der Waals surface area contributed by atoms with Crippen LogP contribution in [0.2, 0.25) is 5.02 Å². The maximum atomic E-state index is 13.0. The lowest BCUT2D eigenvalue weighted by Gasteiger charge is -2.34. The molecule has 3 heterocycles. The number of aromatic nitrogens is 1. The number of rotatable bonds is 8. The summed E-state index contributed by atoms with van der Waals surface area (Å²) >= 11 is 6.07. The second-order valence-electron chi connectivity index (χ2n) is 9.75. The van der Waals surface area contributed by atoms with Crippen LogP contribution in [-0.2, 0) is 4.79 Å². The molecule has 2 amide bonds. The number of carbonyl (C=O) groups is 2. The quantitative estimate of drug-likeness (QED) is 0.559. The molecule has 0 bridgehead atoms. The number of likely N-dealkylation sites (N-methyl/N-ethyl adjacent to an activating group) is 1. The first-order valence-electron chi connectivity index (χ1n) is 12.7. The third-order valence-corrected chi connectivity index (χ3v) is 7.86. The average Bonchev–Trinajstić information content (AvgIpc) is 3.29. The van der Waals surface area contributed by atoms with Crippen molar-refractivity contribution in [2.45, 2.75) is 33.1 Å². The highest BCUT2D eigenvalue weighted by atomic mass is 35.5. The number of aromatic amines is 1. The lowest BCUT2D eigenvalue weighted by Crippen LogP contribution is -2.47. The fraction of sp³-hybridized carbons (Fsp3) is 0.615. The average molecular weight is 488 g/mol. The number of fused-ring (bicyclic) bond motifs is 1. The number of piperidine rings is 1. The molecule has 2 aliphatic rings. The summed E-state index contributed by atoms with van der Waals surface area (Å²) in [7, 11) is 0. The molecule has 8 heteroatoms. The highest BCUT2D eigenvalue weighted by Crippen LogP contribution is 2.27. The first-order valence-corrected chi connectivity index (χ1v) is 13.1. The fourth-order valence-corrected chi connectivity index (χ4v) is 5.39. The Morgan fingerprint density at radius 1 is 1.09 bits per heavy atom. The Bertz CT molecular complexity index is 977. The minimum absolute atomic E-state index is 0.0163. The van der Waals surface area contributed by atoms with Crippen molar-refractivity contribution in [1.82, 2.24) is 25.0 Å². The number of carbonyl (C=O) groups excluding carboxylic acids is 2. The zero-order valence-corrected chi connectivity index (χ0v) is 21.2. The zero-order valence-electron chi connectivity index (χ0n) is 20.5. The van der Waals surface area contributed by atoms with Crippen molar-refractivity contribution >= 4 is 34.3 Å². The maximum absolute atomic E-state index is 13.0. The molecule has 1 aromatic heterocycles. The van der Waals surface area contributed by atoms with Gasteiger partial charge in [-0.05, 0) is 62.5 Å². The highest BCUT2D eigenvalue weighted by Gasteiger charge is 2.30. The molecule has 4 rings (SSSR count). The van der Waals surface area contributed by atoms with Crippen LogP contribution < -0.4 is 5.32 Å². The van der Waals surface area contributed by atoms with E-state index in [9.17, 15) is 9.59 Å². The van der Waals surface area contributed by atoms with Crippen molar-refractivity contribution in [3.63, 3.8) is 0 Å². The molecule has 0 aliphatic carbocycles. The first-order chi connectivity index (χ1) is 16.4. The van der Waals surface area contributed by atoms with E-state index in [2.05, 4.69) is 27.0 Å². The van der Waals surface area contributed by atoms with Crippen LogP contribution in [0.3, 0.4) is 0 Å². The molecule has 34 heavy (non-hydrogen) atoms. The van der Waals surface area contributed by atoms with Gasteiger partial charge in [-0.3, -0.25) is 9.59 Å². The number of hydrogen-bond acceptors (Lipinski definition) is 4. The molecule has 2 N–H and O–H groups in total. The third-order valence-electron chi connectivity index (χ3n) is 7.62. The number of nitrogens with one attached hydrogen (secondary N) is 2. The summed E-state index contributed by atoms with van der Waals surface area (Å²) in [6, 6.07) is 7.45. The van der Waals surface area contributed by atoms with Crippen molar-refractivity contribution in [3.8, 4) is 0 Å². The van der Waals surface area contributed by atoms with Gasteiger partial charge in [0.25, 0.3) is 5.91 Å². The van der Waals surface area contributed by atoms with Gasteiger partial charge in [-0.15, -0.1) is 0 Å². The zero-order chi connectivity index (χ0) is 24.1. The number of benzene rings is 1. The van der Waals surface area contributed by atoms with E-state index in [1.165, 1.54) is 0 Å². The summed E-state index contributed by atoms with van der Waals surface area (Å²) in [4.78, 5) is 35.8. The molecule has 2 aliphatic heterocycles. The summed E-state index contributed by atoms with van der Waals surface area (Å²) in [6.45, 7) is 13.1. The van der Waals surface area contributed by atoms with Gasteiger partial charge in [-0.25, -0.2) is 0 Å². The lowest BCUT2D eigenvalue weighted by atomic mass is 9.84. The smallest absolute Gasteiger partial charge is 0.270 e. The number of amides is 2. The van der Waals surface area contributed by atoms with Gasteiger partial charge < -0.3 is 25.0 Å². The van der Waals surface area contributed by atoms with E-state index >= 15 is 0 Å². The Kier molecular flexibility index (Phi) is 8.51. The molecule has 2 fully saturated rings. The van der Waals surface area contributed by atoms with Gasteiger partial charge in [-0.2, -0.15) is 0 Å². The normalized spacial score (nSPS) is 19.4. The second kappa shape index (κ2) is 11.6. The largest absolute Gasteiger partial charge is 0.356 e. The molecular formula is C26H38ClN5O2. The molecule has 186 valence electrons. The van der Waals surface area contributed by atoms with Crippen LogP contribution in [-0.4, -0.2) is 90.4 Å². The van der Waals surface area contributed by atoms with Crippen molar-refractivity contribution < 1.29 is 9.59 Å². The minimum atomic E-state index is -0.0273. The summed E-state index contributed by atoms with van der Waals surface area (Å²) in [5.41, 5.74) is 1.51. The van der Waals surface area contributed by atoms with E-state index in [1.807, 2.05) is 36.1 Å². The van der Waals surface area contributed by atoms with E-state index < -0.39 is 0 Å². The van der Waals surface area contributed by atoms with Crippen LogP contribution in [0.5, 0.6) is 0 Å². The second-order valence-corrected chi connectivity index (χ2v) is 10.2. The third kappa shape index (κ3) is 6.12. The number of hydrogen-bond donors (Lipinski definition) is 2. The van der Waals surface area contributed by atoms with Crippen molar-refractivity contribution in [2.75, 3.05) is 58.9 Å². The summed E-state index contributed by atoms with van der Waals surface area (Å²) in [6.07, 6.45) is 2.70. The Labute approximate surface area is 207 Å². The van der Waals surface area contributed by atoms with Crippen LogP contribution in [0.15, 0.2) is 24.3 Å². The van der Waals surface area contributed by atoms with E-state index in [1.54, 1.807) is 0 Å². The van der Waals surface area contributed by atoms with Crippen LogP contribution in [0.25, 0.3) is 10.9 Å². The molecule has 0 saturated carbocycles. The Morgan fingerprint density at radius 3 is 2.50 bits per heavy atom. The molecule has 7 nitrogen and oxygen atoms in total. The predicted octanol–water partition coefficient (Wildman–Crippen LogP) is 3.45. The van der Waals surface area contributed by atoms with Crippen molar-refractivity contribution in [3.05, 3.63) is 35.0 Å². The molecular weight excluding hydrogens is 450 g/mol. The molecule has 2 saturated heterocycles. The van der Waals surface area contributed by atoms with E-state index in [-0.39, 0.29) is 17.7 Å². The standard InChI is InChI=1S/C26H38ClN5O2/c1-3-30-13-15-31(16-14-30)10-4-9-28-25(33)19(2)20-7-11-32(12-8-20)26(34)24-18-21-17-22(27)5-6-23(21)29-24/h5-6,17-20,29H,3-4,7-16H2,1-2H3,(H,28,33)/t19-/m1/s1. The van der Waals surface area contributed by atoms with Gasteiger partial charge in [0.05, 0.1) is 0 Å². The SMILES string of the molecule is CCN1CCN(CCCNC(=O)[C@H](C)C2CCN(C(=O)c3cc4cc(Cl)ccc4[nH]3)CC2)CC1. The molecule has 1 atom stereocenters. The molecule has 0 spiro atoms. The number of likely N-dealkylation sites (tertiary alicyclic amines) is 1. The van der Waals surface area contributed by atoms with Crippen molar-refractivity contribution in [1.29, 1.82) is 0 Å². The maximum Gasteiger partial charge on any atom is 0.270 e. The van der Waals surface area contributed by atoms with Crippen molar-refractivity contribution in [2.24, 2.45) is 11.8 Å². The van der Waals surface area contributed by atoms with E-state index in [4.69, 9.17) is 11.6 Å². The monoisotopic (exact) mass is 487 g/mol. The summed E-state index contributed by atoms with van der Waals surface area (Å²) in [5, 5.41) is 4.75. The van der Waals surface area contributed by atoms with E-state index in [0.717, 1.165) is 76.0 Å². The van der Waals surface area contributed by atoms with E-state index in [0.29, 0.717) is 29.7 Å². The van der Waals surface area contributed by atoms with Crippen LogP contribution in [0.4, 0.5) is 0 Å². The van der Waals surface area contributed by atoms with Gasteiger partial charge in [0.2, 0.25) is 5.91 Å². The Balaban J connectivity index is 1.17. The summed E-state index contributed by atoms with van der Waals surface area (Å²) < 4.78 is 0. The molecule has 0 radical (unpaired) electrons. The topological polar surface area (TPSA) is 71.7 Å². The van der Waals surface area contributed by atoms with Gasteiger partial charge in [0.1, 0.15) is 5.69 Å². The fourth-order valence-electron chi connectivity index (χ4n) is 5.21. The lowest BCUT2D eigenvalue weighted by molar-refractivity contribution is -0.126. The number of halogens is 1.